The number of rotatable bonds is 4. The van der Waals surface area contributed by atoms with E-state index in [1.165, 1.54) is 18.3 Å². The maximum atomic E-state index is 11.0. The number of nitro groups is 1. The van der Waals surface area contributed by atoms with Gasteiger partial charge in [0.2, 0.25) is 0 Å². The second kappa shape index (κ2) is 5.71. The molecule has 0 atom stereocenters. The van der Waals surface area contributed by atoms with Crippen LogP contribution in [0.5, 0.6) is 0 Å². The Hall–Kier alpha value is -2.74. The molecule has 0 spiro atoms. The van der Waals surface area contributed by atoms with Gasteiger partial charge in [0, 0.05) is 18.5 Å². The minimum atomic E-state index is -0.480. The number of furan rings is 1. The molecule has 3 aromatic heterocycles. The van der Waals surface area contributed by atoms with Crippen LogP contribution in [-0.4, -0.2) is 19.9 Å². The Morgan fingerprint density at radius 1 is 1.14 bits per heavy atom. The van der Waals surface area contributed by atoms with E-state index in [9.17, 15) is 10.1 Å². The topological polar surface area (TPSA) is 95.0 Å². The second-order valence-electron chi connectivity index (χ2n) is 3.89. The van der Waals surface area contributed by atoms with Crippen molar-refractivity contribution in [2.45, 2.75) is 10.2 Å². The molecule has 0 N–H and O–H groups in total. The van der Waals surface area contributed by atoms with Crippen LogP contribution in [0.25, 0.3) is 11.5 Å². The predicted octanol–water partition coefficient (Wildman–Crippen LogP) is 3.19. The van der Waals surface area contributed by atoms with E-state index in [0.29, 0.717) is 16.6 Å². The molecule has 0 aliphatic heterocycles. The maximum Gasteiger partial charge on any atom is 0.301 e. The number of hydrogen-bond donors (Lipinski definition) is 0. The molecule has 0 saturated carbocycles. The molecule has 0 saturated heterocycles. The minimum absolute atomic E-state index is 0.0745. The lowest BCUT2D eigenvalue weighted by atomic mass is 10.3. The van der Waals surface area contributed by atoms with Crippen molar-refractivity contribution in [3.8, 4) is 11.5 Å². The molecule has 0 amide bonds. The van der Waals surface area contributed by atoms with Crippen LogP contribution in [0.3, 0.4) is 0 Å². The lowest BCUT2D eigenvalue weighted by Gasteiger charge is -2.02. The first-order valence-electron chi connectivity index (χ1n) is 5.88. The van der Waals surface area contributed by atoms with Crippen molar-refractivity contribution < 1.29 is 9.34 Å². The number of pyridine rings is 1. The molecular weight excluding hydrogens is 292 g/mol. The molecule has 0 radical (unpaired) electrons. The van der Waals surface area contributed by atoms with E-state index in [2.05, 4.69) is 15.0 Å². The van der Waals surface area contributed by atoms with Crippen molar-refractivity contribution in [2.75, 3.05) is 0 Å². The van der Waals surface area contributed by atoms with Crippen LogP contribution in [0.4, 0.5) is 5.69 Å². The normalized spacial score (nSPS) is 10.5. The van der Waals surface area contributed by atoms with Crippen molar-refractivity contribution in [1.82, 2.24) is 15.0 Å². The van der Waals surface area contributed by atoms with E-state index in [-0.39, 0.29) is 10.7 Å². The van der Waals surface area contributed by atoms with Crippen molar-refractivity contribution in [3.05, 3.63) is 59.1 Å². The van der Waals surface area contributed by atoms with Gasteiger partial charge in [-0.05, 0) is 36.0 Å². The lowest BCUT2D eigenvalue weighted by molar-refractivity contribution is -0.388. The summed E-state index contributed by atoms with van der Waals surface area (Å²) < 4.78 is 5.26. The molecule has 3 rings (SSSR count). The Morgan fingerprint density at radius 2 is 2.05 bits per heavy atom. The van der Waals surface area contributed by atoms with Crippen molar-refractivity contribution in [3.63, 3.8) is 0 Å². The summed E-state index contributed by atoms with van der Waals surface area (Å²) in [6.45, 7) is 0. The first kappa shape index (κ1) is 13.3. The molecule has 0 aliphatic rings. The van der Waals surface area contributed by atoms with Gasteiger partial charge in [0.1, 0.15) is 5.69 Å². The van der Waals surface area contributed by atoms with Crippen LogP contribution in [0.2, 0.25) is 0 Å². The smallest absolute Gasteiger partial charge is 0.301 e. The van der Waals surface area contributed by atoms with E-state index in [0.717, 1.165) is 11.8 Å². The fourth-order valence-corrected chi connectivity index (χ4v) is 2.43. The molecule has 7 nitrogen and oxygen atoms in total. The standard InChI is InChI=1S/C13H8N4O3S/c18-17(19)10-3-1-6-14-12(10)21-13-15-7-5-9(16-13)11-4-2-8-20-11/h1-8H. The Labute approximate surface area is 123 Å². The highest BCUT2D eigenvalue weighted by Crippen LogP contribution is 2.31. The molecule has 0 unspecified atom stereocenters. The quantitative estimate of drug-likeness (QED) is 0.414. The zero-order valence-corrected chi connectivity index (χ0v) is 11.4. The van der Waals surface area contributed by atoms with Gasteiger partial charge in [0.25, 0.3) is 0 Å². The summed E-state index contributed by atoms with van der Waals surface area (Å²) in [4.78, 5) is 22.9. The molecular formula is C13H8N4O3S. The van der Waals surface area contributed by atoms with E-state index < -0.39 is 4.92 Å². The summed E-state index contributed by atoms with van der Waals surface area (Å²) in [6, 6.07) is 8.15. The van der Waals surface area contributed by atoms with Crippen LogP contribution < -0.4 is 0 Å². The first-order valence-corrected chi connectivity index (χ1v) is 6.70. The first-order chi connectivity index (χ1) is 10.2. The zero-order chi connectivity index (χ0) is 14.7. The fourth-order valence-electron chi connectivity index (χ4n) is 1.64. The molecule has 104 valence electrons. The Balaban J connectivity index is 1.93. The molecule has 3 aromatic rings. The monoisotopic (exact) mass is 300 g/mol. The Kier molecular flexibility index (Phi) is 3.61. The van der Waals surface area contributed by atoms with Gasteiger partial charge in [0.15, 0.2) is 15.9 Å². The highest BCUT2D eigenvalue weighted by Gasteiger charge is 2.17. The average molecular weight is 300 g/mol. The third kappa shape index (κ3) is 2.90. The van der Waals surface area contributed by atoms with E-state index in [1.54, 1.807) is 30.7 Å². The van der Waals surface area contributed by atoms with Gasteiger partial charge in [-0.15, -0.1) is 0 Å². The minimum Gasteiger partial charge on any atom is -0.463 e. The average Bonchev–Trinajstić information content (AvgIpc) is 3.02. The van der Waals surface area contributed by atoms with Gasteiger partial charge in [-0.2, -0.15) is 0 Å². The van der Waals surface area contributed by atoms with Gasteiger partial charge in [-0.25, -0.2) is 15.0 Å². The SMILES string of the molecule is O=[N+]([O-])c1cccnc1Sc1nccc(-c2ccco2)n1. The van der Waals surface area contributed by atoms with Gasteiger partial charge >= 0.3 is 5.69 Å². The predicted molar refractivity (Wildman–Crippen MR) is 74.7 cm³/mol. The van der Waals surface area contributed by atoms with Gasteiger partial charge < -0.3 is 4.42 Å². The summed E-state index contributed by atoms with van der Waals surface area (Å²) in [5.41, 5.74) is 0.533. The van der Waals surface area contributed by atoms with E-state index in [4.69, 9.17) is 4.42 Å². The maximum absolute atomic E-state index is 11.0. The Bertz CT molecular complexity index is 777. The highest BCUT2D eigenvalue weighted by molar-refractivity contribution is 7.99. The van der Waals surface area contributed by atoms with Crippen LogP contribution in [0.15, 0.2) is 63.6 Å². The molecule has 0 aromatic carbocycles. The summed E-state index contributed by atoms with van der Waals surface area (Å²) in [5, 5.41) is 11.6. The van der Waals surface area contributed by atoms with Crippen molar-refractivity contribution >= 4 is 17.4 Å². The van der Waals surface area contributed by atoms with Crippen molar-refractivity contribution in [2.24, 2.45) is 0 Å². The molecule has 8 heteroatoms. The van der Waals surface area contributed by atoms with Crippen LogP contribution >= 0.6 is 11.8 Å². The van der Waals surface area contributed by atoms with Crippen LogP contribution in [-0.2, 0) is 0 Å². The zero-order valence-electron chi connectivity index (χ0n) is 10.5. The van der Waals surface area contributed by atoms with E-state index >= 15 is 0 Å². The summed E-state index contributed by atoms with van der Waals surface area (Å²) in [5.74, 6) is 0.606. The molecule has 3 heterocycles. The van der Waals surface area contributed by atoms with Gasteiger partial charge in [-0.3, -0.25) is 10.1 Å². The van der Waals surface area contributed by atoms with Crippen LogP contribution in [0, 0.1) is 10.1 Å². The molecule has 0 bridgehead atoms. The lowest BCUT2D eigenvalue weighted by Crippen LogP contribution is -1.94. The Morgan fingerprint density at radius 3 is 2.81 bits per heavy atom. The second-order valence-corrected chi connectivity index (χ2v) is 4.84. The molecule has 0 fully saturated rings. The van der Waals surface area contributed by atoms with Crippen molar-refractivity contribution in [1.29, 1.82) is 0 Å². The molecule has 0 aliphatic carbocycles. The van der Waals surface area contributed by atoms with Gasteiger partial charge in [0.05, 0.1) is 11.2 Å². The summed E-state index contributed by atoms with van der Waals surface area (Å²) in [7, 11) is 0. The molecule has 21 heavy (non-hydrogen) atoms. The van der Waals surface area contributed by atoms with Gasteiger partial charge in [-0.1, -0.05) is 0 Å². The fraction of sp³-hybridized carbons (Fsp3) is 0. The highest BCUT2D eigenvalue weighted by atomic mass is 32.2. The third-order valence-corrected chi connectivity index (χ3v) is 3.43. The largest absolute Gasteiger partial charge is 0.463 e. The number of nitrogens with zero attached hydrogens (tertiary/aromatic N) is 4. The summed E-state index contributed by atoms with van der Waals surface area (Å²) >= 11 is 1.04. The third-order valence-electron chi connectivity index (χ3n) is 2.54. The van der Waals surface area contributed by atoms with Crippen LogP contribution in [0.1, 0.15) is 0 Å². The number of hydrogen-bond acceptors (Lipinski definition) is 7. The summed E-state index contributed by atoms with van der Waals surface area (Å²) in [6.07, 6.45) is 4.61. The van der Waals surface area contributed by atoms with E-state index in [1.807, 2.05) is 0 Å². The number of aromatic nitrogens is 3.